The van der Waals surface area contributed by atoms with E-state index >= 15 is 0 Å². The van der Waals surface area contributed by atoms with Gasteiger partial charge in [0.05, 0.1) is 22.9 Å². The molecule has 0 bridgehead atoms. The molecule has 0 aromatic carbocycles. The van der Waals surface area contributed by atoms with Crippen molar-refractivity contribution in [2.24, 2.45) is 0 Å². The van der Waals surface area contributed by atoms with E-state index in [0.717, 1.165) is 11.7 Å². The van der Waals surface area contributed by atoms with Crippen LogP contribution in [0, 0.1) is 0 Å². The highest BCUT2D eigenvalue weighted by Crippen LogP contribution is 1.82. The van der Waals surface area contributed by atoms with Gasteiger partial charge in [-0.3, -0.25) is 0 Å². The first-order valence-electron chi connectivity index (χ1n) is 2.95. The fourth-order valence-corrected chi connectivity index (χ4v) is 0.705. The Bertz CT molecular complexity index is 87.0. The van der Waals surface area contributed by atoms with Crippen LogP contribution in [0.2, 0.25) is 0 Å². The minimum atomic E-state index is 0.726. The van der Waals surface area contributed by atoms with Crippen LogP contribution < -0.4 is 8.85 Å². The fourth-order valence-electron chi connectivity index (χ4n) is 0.412. The predicted molar refractivity (Wildman–Crippen MR) is 52.7 cm³/mol. The lowest BCUT2D eigenvalue weighted by molar-refractivity contribution is 0.755. The predicted octanol–water partition coefficient (Wildman–Crippen LogP) is 1.60. The van der Waals surface area contributed by atoms with Gasteiger partial charge in [-0.25, -0.2) is 0 Å². The summed E-state index contributed by atoms with van der Waals surface area (Å²) in [5, 5.41) is 3.77. The third-order valence-corrected chi connectivity index (χ3v) is 2.05. The molecule has 0 spiro atoms. The molecule has 0 amide bonds. The van der Waals surface area contributed by atoms with Crippen molar-refractivity contribution >= 4 is 40.2 Å². The largest absolute Gasteiger partial charge is 0.362 e. The zero-order valence-corrected chi connectivity index (χ0v) is 8.38. The van der Waals surface area contributed by atoms with E-state index in [1.54, 1.807) is 0 Å². The average molecular weight is 258 g/mol. The maximum Gasteiger partial charge on any atom is 0.175 e. The molecule has 0 aliphatic rings. The Morgan fingerprint density at radius 1 is 1.67 bits per heavy atom. The van der Waals surface area contributed by atoms with Crippen molar-refractivity contribution in [2.75, 3.05) is 6.54 Å². The van der Waals surface area contributed by atoms with Gasteiger partial charge >= 0.3 is 0 Å². The van der Waals surface area contributed by atoms with Crippen LogP contribution in [0.4, 0.5) is 0 Å². The lowest BCUT2D eigenvalue weighted by Gasteiger charge is -2.02. The zero-order chi connectivity index (χ0) is 7.11. The highest BCUT2D eigenvalue weighted by atomic mass is 127. The molecule has 0 aliphatic carbocycles. The molecule has 4 heteroatoms. The van der Waals surface area contributed by atoms with E-state index in [2.05, 4.69) is 15.8 Å². The van der Waals surface area contributed by atoms with Gasteiger partial charge in [-0.15, -0.1) is 0 Å². The molecule has 0 heterocycles. The topological polar surface area (TPSA) is 24.1 Å². The van der Waals surface area contributed by atoms with Crippen LogP contribution in [0.25, 0.3) is 0 Å². The molecule has 0 atom stereocenters. The number of hydrogen-bond acceptors (Lipinski definition) is 1. The van der Waals surface area contributed by atoms with Crippen LogP contribution in [-0.2, 0) is 0 Å². The summed E-state index contributed by atoms with van der Waals surface area (Å²) in [5.74, 6) is 0. The van der Waals surface area contributed by atoms with E-state index in [9.17, 15) is 0 Å². The van der Waals surface area contributed by atoms with Gasteiger partial charge in [-0.05, 0) is 18.6 Å². The molecule has 0 aromatic rings. The molecule has 2 N–H and O–H groups in total. The maximum atomic E-state index is 4.84. The van der Waals surface area contributed by atoms with E-state index < -0.39 is 0 Å². The summed E-state index contributed by atoms with van der Waals surface area (Å²) >= 11 is 6.85. The molecule has 0 unspecified atom stereocenters. The molecular formula is C5H11IN2S. The van der Waals surface area contributed by atoms with Gasteiger partial charge in [0.1, 0.15) is 0 Å². The van der Waals surface area contributed by atoms with Gasteiger partial charge in [-0.2, -0.15) is 0 Å². The van der Waals surface area contributed by atoms with Gasteiger partial charge in [0.15, 0.2) is 5.11 Å². The Morgan fingerprint density at radius 2 is 2.33 bits per heavy atom. The van der Waals surface area contributed by atoms with Gasteiger partial charge in [0.25, 0.3) is 0 Å². The smallest absolute Gasteiger partial charge is 0.175 e. The summed E-state index contributed by atoms with van der Waals surface area (Å²) < 4.78 is 2.81. The van der Waals surface area contributed by atoms with Crippen molar-refractivity contribution in [3.05, 3.63) is 0 Å². The molecule has 0 saturated carbocycles. The van der Waals surface area contributed by atoms with Crippen LogP contribution >= 0.6 is 35.1 Å². The van der Waals surface area contributed by atoms with Crippen molar-refractivity contribution in [3.63, 3.8) is 0 Å². The normalized spacial score (nSPS) is 8.67. The molecule has 2 nitrogen and oxygen atoms in total. The number of rotatable bonds is 3. The summed E-state index contributed by atoms with van der Waals surface area (Å²) in [5.41, 5.74) is 0. The Balaban J connectivity index is 2.97. The monoisotopic (exact) mass is 258 g/mol. The maximum absolute atomic E-state index is 4.84. The van der Waals surface area contributed by atoms with E-state index in [-0.39, 0.29) is 0 Å². The molecule has 54 valence electrons. The highest BCUT2D eigenvalue weighted by Gasteiger charge is 1.87. The molecule has 0 radical (unpaired) electrons. The Hall–Kier alpha value is 0.420. The lowest BCUT2D eigenvalue weighted by atomic mass is 10.3. The Labute approximate surface area is 75.3 Å². The number of thiocarbonyl (C=S) groups is 1. The minimum Gasteiger partial charge on any atom is -0.362 e. The Morgan fingerprint density at radius 3 is 2.78 bits per heavy atom. The number of halogens is 1. The van der Waals surface area contributed by atoms with Gasteiger partial charge < -0.3 is 8.85 Å². The molecule has 0 aliphatic heterocycles. The van der Waals surface area contributed by atoms with Crippen molar-refractivity contribution in [2.45, 2.75) is 19.8 Å². The van der Waals surface area contributed by atoms with Crippen LogP contribution in [0.15, 0.2) is 0 Å². The molecular weight excluding hydrogens is 247 g/mol. The van der Waals surface area contributed by atoms with Crippen LogP contribution in [-0.4, -0.2) is 11.7 Å². The van der Waals surface area contributed by atoms with E-state index in [4.69, 9.17) is 12.2 Å². The van der Waals surface area contributed by atoms with E-state index in [1.165, 1.54) is 12.8 Å². The third-order valence-electron chi connectivity index (χ3n) is 0.902. The third kappa shape index (κ3) is 6.30. The molecule has 0 rings (SSSR count). The lowest BCUT2D eigenvalue weighted by Crippen LogP contribution is -2.29. The average Bonchev–Trinajstić information content (AvgIpc) is 1.89. The van der Waals surface area contributed by atoms with Crippen molar-refractivity contribution in [1.29, 1.82) is 0 Å². The SMILES string of the molecule is CCCCNC(=S)NI. The van der Waals surface area contributed by atoms with Crippen molar-refractivity contribution in [3.8, 4) is 0 Å². The van der Waals surface area contributed by atoms with E-state index in [0.29, 0.717) is 0 Å². The molecule has 0 saturated heterocycles. The molecule has 9 heavy (non-hydrogen) atoms. The van der Waals surface area contributed by atoms with Crippen molar-refractivity contribution < 1.29 is 0 Å². The summed E-state index contributed by atoms with van der Waals surface area (Å²) in [4.78, 5) is 0. The van der Waals surface area contributed by atoms with Gasteiger partial charge in [0.2, 0.25) is 0 Å². The molecule has 0 aromatic heterocycles. The standard InChI is InChI=1S/C5H11IN2S/c1-2-3-4-7-5(9)8-6/h2-4H2,1H3,(H2,7,8,9). The van der Waals surface area contributed by atoms with Crippen LogP contribution in [0.1, 0.15) is 19.8 Å². The second-order valence-electron chi connectivity index (χ2n) is 1.70. The second-order valence-corrected chi connectivity index (χ2v) is 2.65. The first kappa shape index (κ1) is 9.42. The first-order chi connectivity index (χ1) is 4.31. The summed E-state index contributed by atoms with van der Waals surface area (Å²) in [6.07, 6.45) is 2.38. The van der Waals surface area contributed by atoms with Crippen LogP contribution in [0.5, 0.6) is 0 Å². The first-order valence-corrected chi connectivity index (χ1v) is 4.44. The minimum absolute atomic E-state index is 0.726. The number of nitrogens with one attached hydrogen (secondary N) is 2. The number of unbranched alkanes of at least 4 members (excludes halogenated alkanes) is 1. The summed E-state index contributed by atoms with van der Waals surface area (Å²) in [6, 6.07) is 0. The zero-order valence-electron chi connectivity index (χ0n) is 5.41. The van der Waals surface area contributed by atoms with Crippen LogP contribution in [0.3, 0.4) is 0 Å². The molecule has 0 fully saturated rings. The van der Waals surface area contributed by atoms with E-state index in [1.807, 2.05) is 22.9 Å². The van der Waals surface area contributed by atoms with Gasteiger partial charge in [-0.1, -0.05) is 13.3 Å². The quantitative estimate of drug-likeness (QED) is 0.348. The summed E-state index contributed by atoms with van der Waals surface area (Å²) in [6.45, 7) is 3.13. The van der Waals surface area contributed by atoms with Gasteiger partial charge in [0, 0.05) is 6.54 Å². The Kier molecular flexibility index (Phi) is 6.84. The second kappa shape index (κ2) is 6.54. The highest BCUT2D eigenvalue weighted by molar-refractivity contribution is 14.1. The fraction of sp³-hybridized carbons (Fsp3) is 0.800. The number of hydrogen-bond donors (Lipinski definition) is 2. The summed E-state index contributed by atoms with van der Waals surface area (Å²) in [7, 11) is 0. The van der Waals surface area contributed by atoms with Crippen molar-refractivity contribution in [1.82, 2.24) is 8.85 Å².